The van der Waals surface area contributed by atoms with Gasteiger partial charge in [0.1, 0.15) is 9.21 Å². The maximum absolute atomic E-state index is 12.9. The Labute approximate surface area is 178 Å². The lowest BCUT2D eigenvalue weighted by Gasteiger charge is -2.30. The van der Waals surface area contributed by atoms with Gasteiger partial charge < -0.3 is 10.1 Å². The minimum absolute atomic E-state index is 0.132. The lowest BCUT2D eigenvalue weighted by atomic mass is 9.99. The third-order valence-corrected chi connectivity index (χ3v) is 9.14. The van der Waals surface area contributed by atoms with E-state index in [4.69, 9.17) is 4.74 Å². The van der Waals surface area contributed by atoms with E-state index in [-0.39, 0.29) is 23.3 Å². The number of aryl methyl sites for hydroxylation is 1. The first-order chi connectivity index (χ1) is 13.9. The summed E-state index contributed by atoms with van der Waals surface area (Å²) in [5, 5.41) is 5.02. The molecule has 0 aromatic carbocycles. The van der Waals surface area contributed by atoms with Gasteiger partial charge in [-0.1, -0.05) is 13.0 Å². The zero-order chi connectivity index (χ0) is 21.0. The summed E-state index contributed by atoms with van der Waals surface area (Å²) >= 11 is 2.52. The highest BCUT2D eigenvalue weighted by atomic mass is 32.2. The van der Waals surface area contributed by atoms with Crippen molar-refractivity contribution >= 4 is 49.6 Å². The first-order valence-corrected chi connectivity index (χ1v) is 12.6. The number of carbonyl (C=O) groups excluding carboxylic acids is 2. The molecule has 1 aliphatic heterocycles. The van der Waals surface area contributed by atoms with Crippen molar-refractivity contribution in [2.75, 3.05) is 25.0 Å². The quantitative estimate of drug-likeness (QED) is 0.643. The van der Waals surface area contributed by atoms with Crippen LogP contribution in [0.4, 0.5) is 5.00 Å². The largest absolute Gasteiger partial charge is 0.462 e. The molecule has 0 aliphatic carbocycles. The number of anilines is 1. The van der Waals surface area contributed by atoms with Gasteiger partial charge in [-0.3, -0.25) is 4.79 Å². The minimum Gasteiger partial charge on any atom is -0.462 e. The summed E-state index contributed by atoms with van der Waals surface area (Å²) in [4.78, 5) is 26.1. The summed E-state index contributed by atoms with van der Waals surface area (Å²) in [6.07, 6.45) is 1.95. The number of thiophene rings is 2. The normalized spacial score (nSPS) is 17.8. The van der Waals surface area contributed by atoms with Crippen LogP contribution >= 0.6 is 22.7 Å². The molecular weight excluding hydrogens is 432 g/mol. The summed E-state index contributed by atoms with van der Waals surface area (Å²) in [5.74, 6) is -1.21. The van der Waals surface area contributed by atoms with Gasteiger partial charge in [0, 0.05) is 18.0 Å². The van der Waals surface area contributed by atoms with Gasteiger partial charge in [-0.2, -0.15) is 4.31 Å². The molecular formula is C19H24N2O5S3. The van der Waals surface area contributed by atoms with Crippen LogP contribution in [0.3, 0.4) is 0 Å². The molecule has 10 heteroatoms. The van der Waals surface area contributed by atoms with E-state index in [9.17, 15) is 18.0 Å². The molecule has 2 aromatic heterocycles. The number of piperidine rings is 1. The topological polar surface area (TPSA) is 92.8 Å². The smallest absolute Gasteiger partial charge is 0.341 e. The third kappa shape index (κ3) is 4.88. The third-order valence-electron chi connectivity index (χ3n) is 4.71. The number of hydrogen-bond donors (Lipinski definition) is 1. The minimum atomic E-state index is -3.59. The van der Waals surface area contributed by atoms with E-state index in [1.807, 2.05) is 6.92 Å². The van der Waals surface area contributed by atoms with E-state index in [2.05, 4.69) is 5.32 Å². The molecule has 1 atom stereocenters. The Bertz CT molecular complexity index is 966. The summed E-state index contributed by atoms with van der Waals surface area (Å²) in [6, 6.07) is 5.02. The molecule has 2 aromatic rings. The standard InChI is InChI=1S/C19H24N2O5S3/c1-3-14-11-15(19(23)26-4-2)18(28-14)20-17(22)13-7-5-9-21(12-13)29(24,25)16-8-6-10-27-16/h6,8,10-11,13H,3-5,7,9,12H2,1-2H3,(H,20,22)/t13-/m1/s1. The molecule has 0 unspecified atom stereocenters. The molecule has 0 spiro atoms. The Kier molecular flexibility index (Phi) is 7.10. The number of esters is 1. The SMILES string of the molecule is CCOC(=O)c1cc(CC)sc1NC(=O)[C@@H]1CCCN(S(=O)(=O)c2cccs2)C1. The Morgan fingerprint density at radius 1 is 1.34 bits per heavy atom. The maximum Gasteiger partial charge on any atom is 0.341 e. The molecule has 3 rings (SSSR count). The van der Waals surface area contributed by atoms with Crippen molar-refractivity contribution in [2.45, 2.75) is 37.3 Å². The van der Waals surface area contributed by atoms with Crippen molar-refractivity contribution in [2.24, 2.45) is 5.92 Å². The number of carbonyl (C=O) groups is 2. The number of nitrogens with one attached hydrogen (secondary N) is 1. The van der Waals surface area contributed by atoms with Gasteiger partial charge in [0.2, 0.25) is 5.91 Å². The molecule has 1 saturated heterocycles. The highest BCUT2D eigenvalue weighted by Gasteiger charge is 2.34. The highest BCUT2D eigenvalue weighted by Crippen LogP contribution is 2.31. The number of rotatable bonds is 7. The predicted molar refractivity (Wildman–Crippen MR) is 114 cm³/mol. The van der Waals surface area contributed by atoms with E-state index < -0.39 is 21.9 Å². The van der Waals surface area contributed by atoms with E-state index >= 15 is 0 Å². The highest BCUT2D eigenvalue weighted by molar-refractivity contribution is 7.91. The van der Waals surface area contributed by atoms with Gasteiger partial charge in [-0.15, -0.1) is 22.7 Å². The molecule has 29 heavy (non-hydrogen) atoms. The van der Waals surface area contributed by atoms with Crippen molar-refractivity contribution in [1.29, 1.82) is 0 Å². The summed E-state index contributed by atoms with van der Waals surface area (Å²) in [6.45, 7) is 4.49. The summed E-state index contributed by atoms with van der Waals surface area (Å²) in [5.41, 5.74) is 0.348. The lowest BCUT2D eigenvalue weighted by molar-refractivity contribution is -0.120. The Hall–Kier alpha value is -1.75. The molecule has 158 valence electrons. The Morgan fingerprint density at radius 2 is 2.14 bits per heavy atom. The van der Waals surface area contributed by atoms with E-state index in [1.165, 1.54) is 27.0 Å². The van der Waals surface area contributed by atoms with Crippen LogP contribution in [0.25, 0.3) is 0 Å². The number of hydrogen-bond acceptors (Lipinski definition) is 7. The molecule has 0 saturated carbocycles. The molecule has 0 radical (unpaired) electrons. The van der Waals surface area contributed by atoms with E-state index in [0.29, 0.717) is 30.0 Å². The number of nitrogens with zero attached hydrogens (tertiary/aromatic N) is 1. The van der Waals surface area contributed by atoms with Crippen LogP contribution in [-0.2, 0) is 26.0 Å². The average Bonchev–Trinajstić information content (AvgIpc) is 3.38. The van der Waals surface area contributed by atoms with Gasteiger partial charge in [-0.05, 0) is 43.7 Å². The van der Waals surface area contributed by atoms with Gasteiger partial charge in [-0.25, -0.2) is 13.2 Å². The van der Waals surface area contributed by atoms with Crippen molar-refractivity contribution in [3.8, 4) is 0 Å². The zero-order valence-corrected chi connectivity index (χ0v) is 18.8. The van der Waals surface area contributed by atoms with E-state index in [1.54, 1.807) is 30.5 Å². The van der Waals surface area contributed by atoms with Gasteiger partial charge in [0.15, 0.2) is 0 Å². The molecule has 1 fully saturated rings. The first kappa shape index (κ1) is 21.9. The fourth-order valence-electron chi connectivity index (χ4n) is 3.20. The molecule has 1 amide bonds. The van der Waals surface area contributed by atoms with Crippen molar-refractivity contribution in [1.82, 2.24) is 4.31 Å². The van der Waals surface area contributed by atoms with Crippen molar-refractivity contribution in [3.63, 3.8) is 0 Å². The van der Waals surface area contributed by atoms with Crippen LogP contribution in [0.15, 0.2) is 27.8 Å². The number of ether oxygens (including phenoxy) is 1. The molecule has 0 bridgehead atoms. The lowest BCUT2D eigenvalue weighted by Crippen LogP contribution is -2.43. The van der Waals surface area contributed by atoms with Crippen LogP contribution in [0.2, 0.25) is 0 Å². The van der Waals surface area contributed by atoms with Crippen LogP contribution in [0.1, 0.15) is 41.9 Å². The van der Waals surface area contributed by atoms with Gasteiger partial charge in [0.25, 0.3) is 10.0 Å². The fraction of sp³-hybridized carbons (Fsp3) is 0.474. The Morgan fingerprint density at radius 3 is 2.79 bits per heavy atom. The second-order valence-electron chi connectivity index (χ2n) is 6.65. The van der Waals surface area contributed by atoms with Gasteiger partial charge in [0.05, 0.1) is 18.1 Å². The fourth-order valence-corrected chi connectivity index (χ4v) is 6.85. The second-order valence-corrected chi connectivity index (χ2v) is 10.9. The van der Waals surface area contributed by atoms with Crippen molar-refractivity contribution in [3.05, 3.63) is 34.0 Å². The molecule has 7 nitrogen and oxygen atoms in total. The number of sulfonamides is 1. The van der Waals surface area contributed by atoms with Crippen molar-refractivity contribution < 1.29 is 22.7 Å². The predicted octanol–water partition coefficient (Wildman–Crippen LogP) is 3.59. The average molecular weight is 457 g/mol. The maximum atomic E-state index is 12.9. The monoisotopic (exact) mass is 456 g/mol. The molecule has 3 heterocycles. The second kappa shape index (κ2) is 9.38. The number of amides is 1. The molecule has 1 aliphatic rings. The Balaban J connectivity index is 1.74. The van der Waals surface area contributed by atoms with E-state index in [0.717, 1.165) is 11.3 Å². The zero-order valence-electron chi connectivity index (χ0n) is 16.3. The van der Waals surface area contributed by atoms with Crippen LogP contribution < -0.4 is 5.32 Å². The van der Waals surface area contributed by atoms with Crippen LogP contribution in [0.5, 0.6) is 0 Å². The first-order valence-electron chi connectivity index (χ1n) is 9.51. The van der Waals surface area contributed by atoms with Gasteiger partial charge >= 0.3 is 5.97 Å². The summed E-state index contributed by atoms with van der Waals surface area (Å²) in [7, 11) is -3.59. The van der Waals surface area contributed by atoms with Crippen LogP contribution in [0, 0.1) is 5.92 Å². The molecule has 1 N–H and O–H groups in total. The summed E-state index contributed by atoms with van der Waals surface area (Å²) < 4.78 is 32.3. The van der Waals surface area contributed by atoms with Crippen LogP contribution in [-0.4, -0.2) is 44.3 Å².